The Labute approximate surface area is 270 Å². The van der Waals surface area contributed by atoms with Crippen molar-refractivity contribution >= 4 is 23.5 Å². The second kappa shape index (κ2) is 16.3. The number of nitrogens with zero attached hydrogens (tertiary/aromatic N) is 1. The van der Waals surface area contributed by atoms with E-state index in [4.69, 9.17) is 24.5 Å². The molecule has 1 saturated heterocycles. The van der Waals surface area contributed by atoms with Crippen LogP contribution < -0.4 is 24.8 Å². The van der Waals surface area contributed by atoms with Crippen LogP contribution in [-0.2, 0) is 16.1 Å². The summed E-state index contributed by atoms with van der Waals surface area (Å²) in [6.07, 6.45) is -2.96. The van der Waals surface area contributed by atoms with Gasteiger partial charge in [-0.05, 0) is 74.4 Å². The van der Waals surface area contributed by atoms with Crippen molar-refractivity contribution in [3.63, 3.8) is 0 Å². The Morgan fingerprint density at radius 2 is 1.53 bits per heavy atom. The zero-order chi connectivity index (χ0) is 34.8. The smallest absolute Gasteiger partial charge is 0.430 e. The molecule has 3 N–H and O–H groups in total. The normalized spacial score (nSPS) is 16.0. The highest BCUT2D eigenvalue weighted by molar-refractivity contribution is 5.97. The summed E-state index contributed by atoms with van der Waals surface area (Å²) >= 11 is 0. The molecule has 0 aromatic heterocycles. The summed E-state index contributed by atoms with van der Waals surface area (Å²) in [6, 6.07) is 16.9. The van der Waals surface area contributed by atoms with Gasteiger partial charge in [-0.3, -0.25) is 4.79 Å². The molecule has 0 saturated carbocycles. The maximum absolute atomic E-state index is 13.6. The first-order valence-corrected chi connectivity index (χ1v) is 15.2. The van der Waals surface area contributed by atoms with Crippen molar-refractivity contribution in [3.05, 3.63) is 77.6 Å². The number of rotatable bonds is 13. The van der Waals surface area contributed by atoms with Crippen LogP contribution in [0.25, 0.3) is 11.1 Å². The molecule has 0 aliphatic carbocycles. The molecule has 0 radical (unpaired) electrons. The fourth-order valence-corrected chi connectivity index (χ4v) is 5.37. The molecular formula is C34H38F4N2O7. The van der Waals surface area contributed by atoms with Gasteiger partial charge in [-0.2, -0.15) is 13.2 Å². The van der Waals surface area contributed by atoms with Crippen LogP contribution in [0.15, 0.2) is 60.7 Å². The van der Waals surface area contributed by atoms with Gasteiger partial charge in [0.25, 0.3) is 0 Å². The van der Waals surface area contributed by atoms with E-state index in [1.807, 2.05) is 26.0 Å². The number of amides is 1. The quantitative estimate of drug-likeness (QED) is 0.202. The predicted molar refractivity (Wildman–Crippen MR) is 163 cm³/mol. The number of carbonyl (C=O) groups is 3. The largest absolute Gasteiger partial charge is 0.542 e. The van der Waals surface area contributed by atoms with Gasteiger partial charge >= 0.3 is 12.1 Å². The zero-order valence-electron chi connectivity index (χ0n) is 26.4. The molecule has 47 heavy (non-hydrogen) atoms. The van der Waals surface area contributed by atoms with E-state index in [-0.39, 0.29) is 22.7 Å². The molecule has 1 fully saturated rings. The Bertz CT molecular complexity index is 1500. The first kappa shape index (κ1) is 36.8. The summed E-state index contributed by atoms with van der Waals surface area (Å²) in [4.78, 5) is 34.7. The minimum absolute atomic E-state index is 0.0732. The number of ether oxygens (including phenoxy) is 2. The van der Waals surface area contributed by atoms with E-state index in [0.717, 1.165) is 48.3 Å². The lowest BCUT2D eigenvalue weighted by molar-refractivity contribution is -0.672. The molecule has 3 aromatic rings. The second-order valence-corrected chi connectivity index (χ2v) is 11.0. The van der Waals surface area contributed by atoms with Gasteiger partial charge < -0.3 is 34.7 Å². The lowest BCUT2D eigenvalue weighted by atomic mass is 9.81. The zero-order valence-corrected chi connectivity index (χ0v) is 26.4. The first-order valence-electron chi connectivity index (χ1n) is 15.2. The topological polar surface area (TPSA) is 133 Å². The number of benzene rings is 3. The number of carbonyl (C=O) groups excluding carboxylic acids is 2. The van der Waals surface area contributed by atoms with Gasteiger partial charge in [-0.1, -0.05) is 19.1 Å². The van der Waals surface area contributed by atoms with Gasteiger partial charge in [0.05, 0.1) is 30.9 Å². The van der Waals surface area contributed by atoms with Gasteiger partial charge in [0, 0.05) is 36.1 Å². The molecule has 0 bridgehead atoms. The van der Waals surface area contributed by atoms with E-state index in [2.05, 4.69) is 12.2 Å². The lowest BCUT2D eigenvalue weighted by Crippen LogP contribution is -2.83. The SMILES string of the molecule is CCOc1cc(C[NH2+]CCC2(CC)CC(=O)N(c3ccc(C(=O)O)cc3)C2)cc(OCC)c1-c1ccc(F)cc1.O=C([O-])C(F)(F)F. The van der Waals surface area contributed by atoms with Crippen molar-refractivity contribution < 1.29 is 56.9 Å². The molecule has 1 unspecified atom stereocenters. The maximum Gasteiger partial charge on any atom is 0.430 e. The minimum Gasteiger partial charge on any atom is -0.542 e. The molecule has 1 aliphatic rings. The number of hydrogen-bond acceptors (Lipinski definition) is 6. The summed E-state index contributed by atoms with van der Waals surface area (Å²) in [5, 5.41) is 20.2. The second-order valence-electron chi connectivity index (χ2n) is 11.0. The third-order valence-electron chi connectivity index (χ3n) is 7.85. The number of carboxylic acid groups (broad SMARTS) is 2. The van der Waals surface area contributed by atoms with Crippen molar-refractivity contribution in [1.82, 2.24) is 0 Å². The number of aliphatic carboxylic acids is 1. The molecule has 254 valence electrons. The van der Waals surface area contributed by atoms with Crippen LogP contribution in [0, 0.1) is 11.2 Å². The molecule has 13 heteroatoms. The molecule has 1 aliphatic heterocycles. The molecule has 4 rings (SSSR count). The van der Waals surface area contributed by atoms with Gasteiger partial charge in [0.1, 0.15) is 29.8 Å². The molecule has 1 atom stereocenters. The van der Waals surface area contributed by atoms with Crippen LogP contribution in [0.5, 0.6) is 11.5 Å². The lowest BCUT2D eigenvalue weighted by Gasteiger charge is -2.27. The van der Waals surface area contributed by atoms with Crippen molar-refractivity contribution in [2.75, 3.05) is 31.2 Å². The van der Waals surface area contributed by atoms with Crippen molar-refractivity contribution in [3.8, 4) is 22.6 Å². The number of nitrogens with two attached hydrogens (primary N) is 1. The van der Waals surface area contributed by atoms with Crippen LogP contribution in [0.3, 0.4) is 0 Å². The highest BCUT2D eigenvalue weighted by atomic mass is 19.4. The van der Waals surface area contributed by atoms with Crippen molar-refractivity contribution in [1.29, 1.82) is 0 Å². The Kier molecular flexibility index (Phi) is 12.7. The van der Waals surface area contributed by atoms with Crippen molar-refractivity contribution in [2.45, 2.75) is 52.8 Å². The fourth-order valence-electron chi connectivity index (χ4n) is 5.37. The highest BCUT2D eigenvalue weighted by Gasteiger charge is 2.42. The Hall–Kier alpha value is -4.65. The number of aromatic carboxylic acids is 1. The van der Waals surface area contributed by atoms with Crippen LogP contribution >= 0.6 is 0 Å². The van der Waals surface area contributed by atoms with Gasteiger partial charge in [0.2, 0.25) is 5.91 Å². The Morgan fingerprint density at radius 1 is 0.979 bits per heavy atom. The van der Waals surface area contributed by atoms with Crippen LogP contribution in [-0.4, -0.2) is 55.4 Å². The van der Waals surface area contributed by atoms with E-state index >= 15 is 0 Å². The number of quaternary nitrogens is 1. The molecule has 3 aromatic carbocycles. The van der Waals surface area contributed by atoms with E-state index in [0.29, 0.717) is 37.7 Å². The minimum atomic E-state index is -5.19. The summed E-state index contributed by atoms with van der Waals surface area (Å²) < 4.78 is 57.1. The molecule has 1 amide bonds. The van der Waals surface area contributed by atoms with Gasteiger partial charge in [0.15, 0.2) is 0 Å². The number of alkyl halides is 3. The monoisotopic (exact) mass is 662 g/mol. The van der Waals surface area contributed by atoms with Gasteiger partial charge in [-0.25, -0.2) is 9.18 Å². The Morgan fingerprint density at radius 3 is 2.00 bits per heavy atom. The number of carboxylic acids is 2. The van der Waals surface area contributed by atoms with E-state index < -0.39 is 18.1 Å². The van der Waals surface area contributed by atoms with Crippen LogP contribution in [0.4, 0.5) is 23.2 Å². The summed E-state index contributed by atoms with van der Waals surface area (Å²) in [7, 11) is 0. The summed E-state index contributed by atoms with van der Waals surface area (Å²) in [6.45, 7) is 9.18. The van der Waals surface area contributed by atoms with Crippen molar-refractivity contribution in [2.24, 2.45) is 5.41 Å². The molecule has 0 spiro atoms. The van der Waals surface area contributed by atoms with Crippen LogP contribution in [0.1, 0.15) is 56.0 Å². The molecule has 9 nitrogen and oxygen atoms in total. The predicted octanol–water partition coefficient (Wildman–Crippen LogP) is 4.57. The average Bonchev–Trinajstić information content (AvgIpc) is 3.36. The summed E-state index contributed by atoms with van der Waals surface area (Å²) in [5.41, 5.74) is 3.53. The summed E-state index contributed by atoms with van der Waals surface area (Å²) in [5.74, 6) is -2.79. The van der Waals surface area contributed by atoms with Gasteiger partial charge in [-0.15, -0.1) is 0 Å². The molecular weight excluding hydrogens is 624 g/mol. The third kappa shape index (κ3) is 9.92. The van der Waals surface area contributed by atoms with E-state index in [1.165, 1.54) is 12.1 Å². The fraction of sp³-hybridized carbons (Fsp3) is 0.382. The highest BCUT2D eigenvalue weighted by Crippen LogP contribution is 2.41. The Balaban J connectivity index is 0.000000771. The molecule has 1 heterocycles. The number of hydrogen-bond donors (Lipinski definition) is 2. The van der Waals surface area contributed by atoms with E-state index in [9.17, 15) is 27.2 Å². The number of halogens is 4. The first-order chi connectivity index (χ1) is 22.2. The number of anilines is 1. The third-order valence-corrected chi connectivity index (χ3v) is 7.85. The van der Waals surface area contributed by atoms with E-state index in [1.54, 1.807) is 41.3 Å². The van der Waals surface area contributed by atoms with Crippen LogP contribution in [0.2, 0.25) is 0 Å². The maximum atomic E-state index is 13.6. The standard InChI is InChI=1S/C32H37FN2O5.C2HF3O2/c1-4-32(19-29(36)35(21-32)26-13-9-24(10-14-26)31(37)38)15-16-34-20-22-17-27(39-5-2)30(28(18-22)40-6-3)23-7-11-25(33)12-8-23;3-2(4,5)1(6)7/h7-14,17-18,34H,4-6,15-16,19-21H2,1-3H3,(H,37,38);(H,6,7). The average molecular weight is 663 g/mol.